The van der Waals surface area contributed by atoms with Gasteiger partial charge in [-0.1, -0.05) is 0 Å². The fraction of sp³-hybridized carbons (Fsp3) is 0.833. The second-order valence-corrected chi connectivity index (χ2v) is 3.15. The average Bonchev–Trinajstić information content (AvgIpc) is 1.98. The minimum Gasteiger partial charge on any atom is -0.460 e. The van der Waals surface area contributed by atoms with E-state index in [0.29, 0.717) is 0 Å². The van der Waals surface area contributed by atoms with E-state index in [4.69, 9.17) is 39.5 Å². The Kier molecular flexibility index (Phi) is 6.11. The predicted molar refractivity (Wildman–Crippen MR) is 46.6 cm³/mol. The summed E-state index contributed by atoms with van der Waals surface area (Å²) in [5, 5.41) is -0.418. The van der Waals surface area contributed by atoms with Crippen LogP contribution in [0.3, 0.4) is 0 Å². The van der Waals surface area contributed by atoms with Crippen LogP contribution in [0.15, 0.2) is 0 Å². The number of esters is 1. The third-order valence-electron chi connectivity index (χ3n) is 1.02. The lowest BCUT2D eigenvalue weighted by atomic mass is 10.3. The first kappa shape index (κ1) is 11.3. The number of carbonyl (C=O) groups is 1. The van der Waals surface area contributed by atoms with E-state index < -0.39 is 17.5 Å². The highest BCUT2D eigenvalue weighted by Gasteiger charge is 2.19. The Bertz CT molecular complexity index is 129. The molecule has 0 unspecified atom stereocenters. The van der Waals surface area contributed by atoms with Crippen LogP contribution in [-0.2, 0) is 9.53 Å². The first-order valence-electron chi connectivity index (χ1n) is 3.05. The molecule has 0 spiro atoms. The molecule has 0 heterocycles. The molecule has 2 nitrogen and oxygen atoms in total. The maximum absolute atomic E-state index is 10.5. The second-order valence-electron chi connectivity index (χ2n) is 1.97. The summed E-state index contributed by atoms with van der Waals surface area (Å²) in [4.78, 5) is 10.5. The molecule has 0 aliphatic heterocycles. The molecule has 0 aromatic heterocycles. The van der Waals surface area contributed by atoms with E-state index in [-0.39, 0.29) is 11.8 Å². The van der Waals surface area contributed by atoms with Gasteiger partial charge in [0.05, 0.1) is 11.3 Å². The van der Waals surface area contributed by atoms with Gasteiger partial charge in [0.15, 0.2) is 0 Å². The fourth-order valence-electron chi connectivity index (χ4n) is 0.515. The largest absolute Gasteiger partial charge is 0.460 e. The van der Waals surface area contributed by atoms with Gasteiger partial charge in [0.25, 0.3) is 0 Å². The molecule has 0 bridgehead atoms. The summed E-state index contributed by atoms with van der Waals surface area (Å²) in [7, 11) is 0. The molecule has 0 fully saturated rings. The lowest BCUT2D eigenvalue weighted by Crippen LogP contribution is -2.29. The number of hydrogen-bond acceptors (Lipinski definition) is 2. The van der Waals surface area contributed by atoms with Crippen molar-refractivity contribution < 1.29 is 9.53 Å². The van der Waals surface area contributed by atoms with Gasteiger partial charge in [-0.25, -0.2) is 0 Å². The van der Waals surface area contributed by atoms with Crippen LogP contribution in [0.5, 0.6) is 0 Å². The smallest absolute Gasteiger partial charge is 0.302 e. The zero-order valence-electron chi connectivity index (χ0n) is 6.02. The van der Waals surface area contributed by atoms with Crippen LogP contribution in [0.4, 0.5) is 0 Å². The topological polar surface area (TPSA) is 26.3 Å². The number of alkyl halides is 3. The van der Waals surface area contributed by atoms with Gasteiger partial charge >= 0.3 is 5.97 Å². The number of carbonyl (C=O) groups excluding carboxylic acids is 1. The monoisotopic (exact) mass is 218 g/mol. The molecule has 0 amide bonds. The van der Waals surface area contributed by atoms with Crippen molar-refractivity contribution in [1.82, 2.24) is 0 Å². The normalized spacial score (nSPS) is 15.6. The molecule has 0 aromatic rings. The van der Waals surface area contributed by atoms with E-state index in [1.807, 2.05) is 0 Å². The molecular formula is C6H9Cl3O2. The molecule has 0 N–H and O–H groups in total. The summed E-state index contributed by atoms with van der Waals surface area (Å²) in [5.74, 6) is -0.0152. The lowest BCUT2D eigenvalue weighted by molar-refractivity contribution is -0.145. The van der Waals surface area contributed by atoms with E-state index >= 15 is 0 Å². The molecule has 2 atom stereocenters. The molecule has 0 rings (SSSR count). The van der Waals surface area contributed by atoms with Crippen LogP contribution in [0, 0.1) is 0 Å². The zero-order valence-corrected chi connectivity index (χ0v) is 8.29. The second kappa shape index (κ2) is 5.92. The maximum atomic E-state index is 10.5. The molecule has 0 radical (unpaired) electrons. The van der Waals surface area contributed by atoms with Gasteiger partial charge in [0, 0.05) is 12.8 Å². The summed E-state index contributed by atoms with van der Waals surface area (Å²) >= 11 is 16.6. The molecule has 0 aliphatic carbocycles. The molecule has 0 aromatic carbocycles. The third-order valence-corrected chi connectivity index (χ3v) is 2.25. The van der Waals surface area contributed by atoms with Crippen molar-refractivity contribution in [3.63, 3.8) is 0 Å². The average molecular weight is 219 g/mol. The van der Waals surface area contributed by atoms with Crippen molar-refractivity contribution in [3.05, 3.63) is 0 Å². The van der Waals surface area contributed by atoms with Crippen LogP contribution < -0.4 is 0 Å². The van der Waals surface area contributed by atoms with Crippen molar-refractivity contribution in [2.45, 2.75) is 18.4 Å². The molecule has 0 saturated carbocycles. The standard InChI is InChI=1S/C6H9Cl3O2/c1-4(10)11-6(3-8)5(9)2-7/h5-6H,2-3H2,1H3/t5-,6+/m1/s1. The van der Waals surface area contributed by atoms with Gasteiger partial charge in [-0.05, 0) is 0 Å². The van der Waals surface area contributed by atoms with Gasteiger partial charge < -0.3 is 4.74 Å². The van der Waals surface area contributed by atoms with E-state index in [9.17, 15) is 4.79 Å². The Morgan fingerprint density at radius 3 is 2.27 bits per heavy atom. The molecule has 0 aliphatic rings. The van der Waals surface area contributed by atoms with Gasteiger partial charge in [-0.2, -0.15) is 0 Å². The lowest BCUT2D eigenvalue weighted by Gasteiger charge is -2.17. The van der Waals surface area contributed by atoms with Gasteiger partial charge in [0.1, 0.15) is 6.10 Å². The summed E-state index contributed by atoms with van der Waals surface area (Å²) in [5.41, 5.74) is 0. The van der Waals surface area contributed by atoms with Crippen LogP contribution >= 0.6 is 34.8 Å². The van der Waals surface area contributed by atoms with Crippen molar-refractivity contribution in [2.75, 3.05) is 11.8 Å². The minimum atomic E-state index is -0.492. The first-order chi connectivity index (χ1) is 5.11. The Balaban J connectivity index is 3.84. The van der Waals surface area contributed by atoms with E-state index in [0.717, 1.165) is 0 Å². The van der Waals surface area contributed by atoms with Gasteiger partial charge in [-0.15, -0.1) is 34.8 Å². The quantitative estimate of drug-likeness (QED) is 0.534. The number of ether oxygens (including phenoxy) is 1. The van der Waals surface area contributed by atoms with Gasteiger partial charge in [0.2, 0.25) is 0 Å². The summed E-state index contributed by atoms with van der Waals surface area (Å²) in [6.45, 7) is 1.30. The number of hydrogen-bond donors (Lipinski definition) is 0. The van der Waals surface area contributed by atoms with Crippen LogP contribution in [-0.4, -0.2) is 29.2 Å². The first-order valence-corrected chi connectivity index (χ1v) is 4.55. The van der Waals surface area contributed by atoms with Gasteiger partial charge in [-0.3, -0.25) is 4.79 Å². The van der Waals surface area contributed by atoms with Crippen molar-refractivity contribution in [1.29, 1.82) is 0 Å². The summed E-state index contributed by atoms with van der Waals surface area (Å²) in [6, 6.07) is 0. The molecule has 5 heteroatoms. The van der Waals surface area contributed by atoms with Crippen LogP contribution in [0.2, 0.25) is 0 Å². The highest BCUT2D eigenvalue weighted by molar-refractivity contribution is 6.29. The van der Waals surface area contributed by atoms with E-state index in [1.54, 1.807) is 0 Å². The Hall–Kier alpha value is 0.340. The Labute approximate surface area is 80.7 Å². The van der Waals surface area contributed by atoms with Crippen molar-refractivity contribution in [2.24, 2.45) is 0 Å². The predicted octanol–water partition coefficient (Wildman–Crippen LogP) is 2.00. The number of halogens is 3. The van der Waals surface area contributed by atoms with E-state index in [1.165, 1.54) is 6.92 Å². The summed E-state index contributed by atoms with van der Waals surface area (Å²) in [6.07, 6.45) is -0.492. The Morgan fingerprint density at radius 1 is 1.45 bits per heavy atom. The molecular weight excluding hydrogens is 210 g/mol. The van der Waals surface area contributed by atoms with Crippen LogP contribution in [0.25, 0.3) is 0 Å². The highest BCUT2D eigenvalue weighted by Crippen LogP contribution is 2.10. The molecule has 0 saturated heterocycles. The third kappa shape index (κ3) is 4.72. The Morgan fingerprint density at radius 2 is 2.00 bits per heavy atom. The molecule has 11 heavy (non-hydrogen) atoms. The highest BCUT2D eigenvalue weighted by atomic mass is 35.5. The van der Waals surface area contributed by atoms with E-state index in [2.05, 4.69) is 0 Å². The minimum absolute atomic E-state index is 0.167. The maximum Gasteiger partial charge on any atom is 0.302 e. The summed E-state index contributed by atoms with van der Waals surface area (Å²) < 4.78 is 4.76. The SMILES string of the molecule is CC(=O)O[C@@H](CCl)[C@H](Cl)CCl. The van der Waals surface area contributed by atoms with Crippen molar-refractivity contribution in [3.8, 4) is 0 Å². The van der Waals surface area contributed by atoms with Crippen LogP contribution in [0.1, 0.15) is 6.92 Å². The number of rotatable bonds is 4. The fourth-order valence-corrected chi connectivity index (χ4v) is 1.22. The van der Waals surface area contributed by atoms with Crippen molar-refractivity contribution >= 4 is 40.8 Å². The molecule has 66 valence electrons. The zero-order chi connectivity index (χ0) is 8.85.